The van der Waals surface area contributed by atoms with Crippen LogP contribution in [0.25, 0.3) is 11.3 Å². The van der Waals surface area contributed by atoms with Crippen molar-refractivity contribution in [2.45, 2.75) is 16.9 Å². The lowest BCUT2D eigenvalue weighted by atomic mass is 10.0. The molecule has 1 aromatic carbocycles. The van der Waals surface area contributed by atoms with E-state index < -0.39 is 0 Å². The number of benzene rings is 1. The number of carbonyl (C=O) groups excluding carboxylic acids is 1. The van der Waals surface area contributed by atoms with Gasteiger partial charge in [-0.1, -0.05) is 11.8 Å². The summed E-state index contributed by atoms with van der Waals surface area (Å²) in [7, 11) is 0. The van der Waals surface area contributed by atoms with Crippen LogP contribution >= 0.6 is 23.1 Å². The summed E-state index contributed by atoms with van der Waals surface area (Å²) < 4.78 is 6.82. The number of thiazole rings is 1. The second-order valence-corrected chi connectivity index (χ2v) is 7.68. The maximum Gasteiger partial charge on any atom is 0.270 e. The van der Waals surface area contributed by atoms with Gasteiger partial charge >= 0.3 is 0 Å². The lowest BCUT2D eigenvalue weighted by Crippen LogP contribution is -2.34. The first kappa shape index (κ1) is 17.0. The summed E-state index contributed by atoms with van der Waals surface area (Å²) in [5.74, 6) is 0.691. The summed E-state index contributed by atoms with van der Waals surface area (Å²) in [6.07, 6.45) is 7.69. The second-order valence-electron chi connectivity index (χ2n) is 5.77. The summed E-state index contributed by atoms with van der Waals surface area (Å²) in [4.78, 5) is 24.9. The molecule has 3 heterocycles. The minimum atomic E-state index is -0.165. The topological polar surface area (TPSA) is 77.0 Å². The number of amides is 1. The normalized spacial score (nSPS) is 15.3. The molecule has 0 aliphatic carbocycles. The minimum Gasteiger partial charge on any atom is -0.488 e. The first-order valence-corrected chi connectivity index (χ1v) is 10.2. The molecule has 1 N–H and O–H groups in total. The quantitative estimate of drug-likeness (QED) is 0.682. The van der Waals surface area contributed by atoms with Crippen LogP contribution in [0.1, 0.15) is 16.1 Å². The average Bonchev–Trinajstić information content (AvgIpc) is 3.32. The van der Waals surface area contributed by atoms with Crippen LogP contribution in [0.4, 0.5) is 0 Å². The van der Waals surface area contributed by atoms with Gasteiger partial charge in [-0.3, -0.25) is 14.8 Å². The van der Waals surface area contributed by atoms with Crippen LogP contribution in [0.2, 0.25) is 0 Å². The van der Waals surface area contributed by atoms with Crippen LogP contribution in [-0.4, -0.2) is 39.8 Å². The summed E-state index contributed by atoms with van der Waals surface area (Å²) in [5, 5.41) is 4.68. The van der Waals surface area contributed by atoms with E-state index in [0.717, 1.165) is 33.3 Å². The molecule has 2 aromatic heterocycles. The number of nitrogens with one attached hydrogen (secondary N) is 1. The molecule has 1 atom stereocenters. The number of fused-ring (bicyclic) bond motifs is 1. The third-order valence-corrected chi connectivity index (χ3v) is 5.90. The van der Waals surface area contributed by atoms with E-state index >= 15 is 0 Å². The molecular formula is C18H16N4O2S2. The number of thioether (sulfide) groups is 1. The van der Waals surface area contributed by atoms with E-state index in [2.05, 4.69) is 26.3 Å². The second kappa shape index (κ2) is 7.43. The number of ether oxygens (including phenoxy) is 1. The van der Waals surface area contributed by atoms with E-state index in [-0.39, 0.29) is 12.0 Å². The number of aromatic nitrogens is 3. The number of hydrogen-bond donors (Lipinski definition) is 1. The van der Waals surface area contributed by atoms with Crippen molar-refractivity contribution in [1.29, 1.82) is 0 Å². The smallest absolute Gasteiger partial charge is 0.270 e. The molecule has 0 saturated carbocycles. The molecule has 6 nitrogen and oxygen atoms in total. The Labute approximate surface area is 159 Å². The van der Waals surface area contributed by atoms with Gasteiger partial charge < -0.3 is 10.1 Å². The lowest BCUT2D eigenvalue weighted by molar-refractivity contribution is 0.0929. The molecule has 0 saturated heterocycles. The third kappa shape index (κ3) is 3.56. The molecule has 0 spiro atoms. The SMILES string of the molecule is CSc1nc(C(=O)NC[C@H]2Cc3cc(-c4cnccn4)ccc3O2)cs1. The Kier molecular flexibility index (Phi) is 4.85. The highest BCUT2D eigenvalue weighted by molar-refractivity contribution is 8.00. The Hall–Kier alpha value is -2.45. The molecular weight excluding hydrogens is 368 g/mol. The summed E-state index contributed by atoms with van der Waals surface area (Å²) in [5.41, 5.74) is 3.42. The van der Waals surface area contributed by atoms with Crippen molar-refractivity contribution in [2.75, 3.05) is 12.8 Å². The van der Waals surface area contributed by atoms with Crippen LogP contribution in [0, 0.1) is 0 Å². The number of carbonyl (C=O) groups is 1. The van der Waals surface area contributed by atoms with Gasteiger partial charge in [0.1, 0.15) is 21.9 Å². The maximum atomic E-state index is 12.2. The van der Waals surface area contributed by atoms with Gasteiger partial charge in [0.05, 0.1) is 18.4 Å². The van der Waals surface area contributed by atoms with Crippen molar-refractivity contribution in [3.05, 3.63) is 53.4 Å². The minimum absolute atomic E-state index is 0.0790. The molecule has 8 heteroatoms. The van der Waals surface area contributed by atoms with Crippen molar-refractivity contribution in [3.8, 4) is 17.0 Å². The van der Waals surface area contributed by atoms with Gasteiger partial charge in [0.15, 0.2) is 0 Å². The molecule has 132 valence electrons. The summed E-state index contributed by atoms with van der Waals surface area (Å²) in [6, 6.07) is 6.00. The highest BCUT2D eigenvalue weighted by Crippen LogP contribution is 2.32. The predicted molar refractivity (Wildman–Crippen MR) is 102 cm³/mol. The van der Waals surface area contributed by atoms with Crippen LogP contribution < -0.4 is 10.1 Å². The molecule has 0 bridgehead atoms. The van der Waals surface area contributed by atoms with Gasteiger partial charge in [0.2, 0.25) is 0 Å². The zero-order valence-electron chi connectivity index (χ0n) is 14.0. The van der Waals surface area contributed by atoms with Crippen molar-refractivity contribution >= 4 is 29.0 Å². The molecule has 1 aliphatic heterocycles. The van der Waals surface area contributed by atoms with Gasteiger partial charge in [0.25, 0.3) is 5.91 Å². The molecule has 1 aliphatic rings. The van der Waals surface area contributed by atoms with E-state index in [1.54, 1.807) is 24.0 Å². The van der Waals surface area contributed by atoms with Crippen molar-refractivity contribution in [3.63, 3.8) is 0 Å². The Balaban J connectivity index is 1.38. The van der Waals surface area contributed by atoms with Crippen LogP contribution in [0.3, 0.4) is 0 Å². The van der Waals surface area contributed by atoms with Crippen LogP contribution in [0.5, 0.6) is 5.75 Å². The van der Waals surface area contributed by atoms with Crippen molar-refractivity contribution in [2.24, 2.45) is 0 Å². The number of nitrogens with zero attached hydrogens (tertiary/aromatic N) is 3. The third-order valence-electron chi connectivity index (χ3n) is 4.04. The monoisotopic (exact) mass is 384 g/mol. The molecule has 4 rings (SSSR count). The highest BCUT2D eigenvalue weighted by Gasteiger charge is 2.24. The fourth-order valence-corrected chi connectivity index (χ4v) is 4.04. The predicted octanol–water partition coefficient (Wildman–Crippen LogP) is 3.06. The fraction of sp³-hybridized carbons (Fsp3) is 0.222. The summed E-state index contributed by atoms with van der Waals surface area (Å²) in [6.45, 7) is 0.445. The number of hydrogen-bond acceptors (Lipinski definition) is 7. The van der Waals surface area contributed by atoms with Gasteiger partial charge in [-0.05, 0) is 30.0 Å². The van der Waals surface area contributed by atoms with Crippen molar-refractivity contribution in [1.82, 2.24) is 20.3 Å². The Morgan fingerprint density at radius 3 is 3.12 bits per heavy atom. The van der Waals surface area contributed by atoms with Crippen molar-refractivity contribution < 1.29 is 9.53 Å². The molecule has 3 aromatic rings. The van der Waals surface area contributed by atoms with E-state index in [1.807, 2.05) is 18.4 Å². The van der Waals surface area contributed by atoms with Gasteiger partial charge in [-0.15, -0.1) is 11.3 Å². The first-order chi connectivity index (χ1) is 12.7. The molecule has 1 amide bonds. The summed E-state index contributed by atoms with van der Waals surface area (Å²) >= 11 is 3.01. The van der Waals surface area contributed by atoms with E-state index in [1.165, 1.54) is 23.1 Å². The molecule has 0 radical (unpaired) electrons. The maximum absolute atomic E-state index is 12.2. The standard InChI is InChI=1S/C18H16N4O2S2/c1-25-18-22-15(10-26-18)17(23)21-8-13-7-12-6-11(2-3-16(12)24-13)14-9-19-4-5-20-14/h2-6,9-10,13H,7-8H2,1H3,(H,21,23)/t13-/m1/s1. The highest BCUT2D eigenvalue weighted by atomic mass is 32.2. The lowest BCUT2D eigenvalue weighted by Gasteiger charge is -2.11. The van der Waals surface area contributed by atoms with Gasteiger partial charge in [0, 0.05) is 29.8 Å². The number of rotatable bonds is 5. The molecule has 0 fully saturated rings. The van der Waals surface area contributed by atoms with E-state index in [9.17, 15) is 4.79 Å². The first-order valence-electron chi connectivity index (χ1n) is 8.06. The largest absolute Gasteiger partial charge is 0.488 e. The molecule has 0 unspecified atom stereocenters. The average molecular weight is 384 g/mol. The van der Waals surface area contributed by atoms with E-state index in [0.29, 0.717) is 12.2 Å². The van der Waals surface area contributed by atoms with Crippen LogP contribution in [0.15, 0.2) is 46.5 Å². The van der Waals surface area contributed by atoms with Crippen LogP contribution in [-0.2, 0) is 6.42 Å². The van der Waals surface area contributed by atoms with E-state index in [4.69, 9.17) is 4.74 Å². The zero-order chi connectivity index (χ0) is 17.9. The fourth-order valence-electron chi connectivity index (χ4n) is 2.79. The molecule has 26 heavy (non-hydrogen) atoms. The van der Waals surface area contributed by atoms with Gasteiger partial charge in [-0.25, -0.2) is 4.98 Å². The Morgan fingerprint density at radius 1 is 1.42 bits per heavy atom. The Morgan fingerprint density at radius 2 is 2.35 bits per heavy atom. The zero-order valence-corrected chi connectivity index (χ0v) is 15.6. The Bertz CT molecular complexity index is 930. The van der Waals surface area contributed by atoms with Gasteiger partial charge in [-0.2, -0.15) is 0 Å².